The summed E-state index contributed by atoms with van der Waals surface area (Å²) in [4.78, 5) is 34.1. The Hall–Kier alpha value is -2.42. The molecular formula is C20H24ClN5O3. The topological polar surface area (TPSA) is 85.2 Å². The highest BCUT2D eigenvalue weighted by Gasteiger charge is 2.25. The van der Waals surface area contributed by atoms with Crippen molar-refractivity contribution in [2.75, 3.05) is 13.1 Å². The Kier molecular flexibility index (Phi) is 5.33. The number of morpholine rings is 1. The standard InChI is InChI=1S/C20H24ClN5O3/c1-12-8-25(9-13(2)29-12)11-16-22-18-17(19(27)23-20(28)24(18)3)26(16)10-14-5-4-6-15(21)7-14/h4-7,12-13H,8-11H2,1-3H3,(H,23,27,28)/t12-,13-/m1/s1. The second-order valence-electron chi connectivity index (χ2n) is 7.69. The quantitative estimate of drug-likeness (QED) is 0.698. The minimum Gasteiger partial charge on any atom is -0.373 e. The Morgan fingerprint density at radius 3 is 2.62 bits per heavy atom. The van der Waals surface area contributed by atoms with E-state index in [0.29, 0.717) is 29.3 Å². The van der Waals surface area contributed by atoms with Crippen LogP contribution in [0.1, 0.15) is 25.2 Å². The van der Waals surface area contributed by atoms with Gasteiger partial charge in [-0.15, -0.1) is 0 Å². The van der Waals surface area contributed by atoms with Crippen molar-refractivity contribution >= 4 is 22.8 Å². The average Bonchev–Trinajstić information content (AvgIpc) is 2.98. The van der Waals surface area contributed by atoms with E-state index in [-0.39, 0.29) is 12.2 Å². The molecule has 1 fully saturated rings. The number of imidazole rings is 1. The van der Waals surface area contributed by atoms with E-state index in [1.807, 2.05) is 42.7 Å². The smallest absolute Gasteiger partial charge is 0.329 e. The molecule has 3 heterocycles. The third kappa shape index (κ3) is 4.01. The number of aromatic nitrogens is 4. The van der Waals surface area contributed by atoms with Crippen molar-refractivity contribution < 1.29 is 4.74 Å². The van der Waals surface area contributed by atoms with Crippen LogP contribution in [0.25, 0.3) is 11.2 Å². The highest BCUT2D eigenvalue weighted by atomic mass is 35.5. The zero-order valence-corrected chi connectivity index (χ0v) is 17.4. The van der Waals surface area contributed by atoms with Crippen molar-refractivity contribution in [3.63, 3.8) is 0 Å². The van der Waals surface area contributed by atoms with Gasteiger partial charge in [0, 0.05) is 31.7 Å². The van der Waals surface area contributed by atoms with Gasteiger partial charge in [-0.2, -0.15) is 0 Å². The summed E-state index contributed by atoms with van der Waals surface area (Å²) in [6.45, 7) is 6.64. The van der Waals surface area contributed by atoms with Gasteiger partial charge in [0.25, 0.3) is 5.56 Å². The number of nitrogens with one attached hydrogen (secondary N) is 1. The first kappa shape index (κ1) is 19.9. The van der Waals surface area contributed by atoms with Gasteiger partial charge in [0.1, 0.15) is 5.82 Å². The molecule has 1 aliphatic heterocycles. The van der Waals surface area contributed by atoms with Gasteiger partial charge in [-0.25, -0.2) is 9.78 Å². The maximum absolute atomic E-state index is 12.7. The number of aromatic amines is 1. The van der Waals surface area contributed by atoms with Crippen molar-refractivity contribution in [3.8, 4) is 0 Å². The number of ether oxygens (including phenoxy) is 1. The van der Waals surface area contributed by atoms with E-state index >= 15 is 0 Å². The van der Waals surface area contributed by atoms with Gasteiger partial charge >= 0.3 is 5.69 Å². The zero-order chi connectivity index (χ0) is 20.7. The van der Waals surface area contributed by atoms with E-state index in [1.54, 1.807) is 7.05 Å². The summed E-state index contributed by atoms with van der Waals surface area (Å²) in [5.74, 6) is 0.730. The summed E-state index contributed by atoms with van der Waals surface area (Å²) in [5.41, 5.74) is 0.805. The minimum absolute atomic E-state index is 0.122. The fraction of sp³-hybridized carbons (Fsp3) is 0.450. The summed E-state index contributed by atoms with van der Waals surface area (Å²) in [6, 6.07) is 7.51. The third-order valence-electron chi connectivity index (χ3n) is 5.18. The SMILES string of the molecule is C[C@@H]1CN(Cc2nc3c(c(=O)[nH]c(=O)n3C)n2Cc2cccc(Cl)c2)C[C@@H](C)O1. The number of hydrogen-bond acceptors (Lipinski definition) is 5. The Labute approximate surface area is 172 Å². The van der Waals surface area contributed by atoms with E-state index in [0.717, 1.165) is 24.5 Å². The molecule has 0 unspecified atom stereocenters. The van der Waals surface area contributed by atoms with Crippen LogP contribution in [0.15, 0.2) is 33.9 Å². The second kappa shape index (κ2) is 7.78. The lowest BCUT2D eigenvalue weighted by Crippen LogP contribution is -2.45. The van der Waals surface area contributed by atoms with E-state index in [2.05, 4.69) is 14.9 Å². The number of nitrogens with zero attached hydrogens (tertiary/aromatic N) is 4. The van der Waals surface area contributed by atoms with E-state index in [9.17, 15) is 9.59 Å². The molecule has 0 bridgehead atoms. The number of hydrogen-bond donors (Lipinski definition) is 1. The molecule has 2 atom stereocenters. The van der Waals surface area contributed by atoms with E-state index in [4.69, 9.17) is 16.3 Å². The van der Waals surface area contributed by atoms with Crippen LogP contribution >= 0.6 is 11.6 Å². The summed E-state index contributed by atoms with van der Waals surface area (Å²) < 4.78 is 9.08. The second-order valence-corrected chi connectivity index (χ2v) is 8.12. The number of aryl methyl sites for hydroxylation is 1. The Morgan fingerprint density at radius 2 is 1.93 bits per heavy atom. The van der Waals surface area contributed by atoms with Crippen LogP contribution in [0, 0.1) is 0 Å². The number of halogens is 1. The predicted octanol–water partition coefficient (Wildman–Crippen LogP) is 1.73. The molecule has 29 heavy (non-hydrogen) atoms. The van der Waals surface area contributed by atoms with Crippen LogP contribution in [0.3, 0.4) is 0 Å². The lowest BCUT2D eigenvalue weighted by atomic mass is 10.2. The monoisotopic (exact) mass is 417 g/mol. The Balaban J connectivity index is 1.81. The van der Waals surface area contributed by atoms with Crippen molar-refractivity contribution in [2.45, 2.75) is 39.1 Å². The number of H-pyrrole nitrogens is 1. The molecule has 1 aromatic carbocycles. The molecule has 1 aliphatic rings. The lowest BCUT2D eigenvalue weighted by Gasteiger charge is -2.35. The summed E-state index contributed by atoms with van der Waals surface area (Å²) in [5, 5.41) is 0.630. The first-order chi connectivity index (χ1) is 13.8. The maximum atomic E-state index is 12.7. The fourth-order valence-electron chi connectivity index (χ4n) is 4.00. The molecule has 4 rings (SSSR count). The van der Waals surface area contributed by atoms with Gasteiger partial charge in [0.05, 0.1) is 18.8 Å². The van der Waals surface area contributed by atoms with Crippen LogP contribution in [0.5, 0.6) is 0 Å². The van der Waals surface area contributed by atoms with Gasteiger partial charge in [-0.1, -0.05) is 23.7 Å². The Bertz CT molecular complexity index is 1160. The molecular weight excluding hydrogens is 394 g/mol. The molecule has 0 spiro atoms. The fourth-order valence-corrected chi connectivity index (χ4v) is 4.21. The number of rotatable bonds is 4. The molecule has 1 N–H and O–H groups in total. The average molecular weight is 418 g/mol. The maximum Gasteiger partial charge on any atom is 0.329 e. The molecule has 0 amide bonds. The molecule has 0 radical (unpaired) electrons. The van der Waals surface area contributed by atoms with Crippen molar-refractivity contribution in [2.24, 2.45) is 7.05 Å². The van der Waals surface area contributed by atoms with Gasteiger partial charge in [-0.05, 0) is 31.5 Å². The first-order valence-electron chi connectivity index (χ1n) is 9.62. The normalized spacial score (nSPS) is 20.4. The third-order valence-corrected chi connectivity index (χ3v) is 5.41. The molecule has 0 saturated carbocycles. The first-order valence-corrected chi connectivity index (χ1v) is 10.0. The molecule has 3 aromatic rings. The minimum atomic E-state index is -0.477. The largest absolute Gasteiger partial charge is 0.373 e. The highest BCUT2D eigenvalue weighted by molar-refractivity contribution is 6.30. The van der Waals surface area contributed by atoms with Crippen LogP contribution in [-0.4, -0.2) is 49.3 Å². The summed E-state index contributed by atoms with van der Waals surface area (Å²) in [6.07, 6.45) is 0.245. The van der Waals surface area contributed by atoms with Crippen LogP contribution < -0.4 is 11.2 Å². The van der Waals surface area contributed by atoms with Crippen LogP contribution in [0.2, 0.25) is 5.02 Å². The molecule has 8 nitrogen and oxygen atoms in total. The molecule has 1 saturated heterocycles. The number of fused-ring (bicyclic) bond motifs is 1. The summed E-state index contributed by atoms with van der Waals surface area (Å²) >= 11 is 6.15. The van der Waals surface area contributed by atoms with Gasteiger partial charge in [-0.3, -0.25) is 19.2 Å². The molecule has 154 valence electrons. The van der Waals surface area contributed by atoms with Crippen molar-refractivity contribution in [3.05, 3.63) is 61.5 Å². The molecule has 0 aliphatic carbocycles. The predicted molar refractivity (Wildman–Crippen MR) is 111 cm³/mol. The van der Waals surface area contributed by atoms with Crippen LogP contribution in [0.4, 0.5) is 0 Å². The van der Waals surface area contributed by atoms with Crippen molar-refractivity contribution in [1.29, 1.82) is 0 Å². The van der Waals surface area contributed by atoms with Gasteiger partial charge in [0.15, 0.2) is 11.2 Å². The lowest BCUT2D eigenvalue weighted by molar-refractivity contribution is -0.0712. The van der Waals surface area contributed by atoms with Gasteiger partial charge in [0.2, 0.25) is 0 Å². The zero-order valence-electron chi connectivity index (χ0n) is 16.7. The van der Waals surface area contributed by atoms with Crippen LogP contribution in [-0.2, 0) is 24.9 Å². The van der Waals surface area contributed by atoms with E-state index in [1.165, 1.54) is 4.57 Å². The highest BCUT2D eigenvalue weighted by Crippen LogP contribution is 2.19. The Morgan fingerprint density at radius 1 is 1.21 bits per heavy atom. The van der Waals surface area contributed by atoms with E-state index < -0.39 is 11.2 Å². The summed E-state index contributed by atoms with van der Waals surface area (Å²) in [7, 11) is 1.61. The van der Waals surface area contributed by atoms with Gasteiger partial charge < -0.3 is 9.30 Å². The van der Waals surface area contributed by atoms with Crippen molar-refractivity contribution in [1.82, 2.24) is 24.0 Å². The molecule has 9 heteroatoms. The molecule has 2 aromatic heterocycles. The number of benzene rings is 1.